The second kappa shape index (κ2) is 9.60. The van der Waals surface area contributed by atoms with Gasteiger partial charge in [0.1, 0.15) is 0 Å². The number of nitrogens with one attached hydrogen (secondary N) is 2. The summed E-state index contributed by atoms with van der Waals surface area (Å²) in [5.41, 5.74) is 0.413. The van der Waals surface area contributed by atoms with Crippen LogP contribution in [0.4, 0.5) is 0 Å². The summed E-state index contributed by atoms with van der Waals surface area (Å²) in [6.07, 6.45) is 3.89. The molecule has 8 nitrogen and oxygen atoms in total. The van der Waals surface area contributed by atoms with Crippen LogP contribution in [0.2, 0.25) is 0 Å². The van der Waals surface area contributed by atoms with E-state index in [4.69, 9.17) is 0 Å². The molecule has 1 unspecified atom stereocenters. The van der Waals surface area contributed by atoms with Crippen molar-refractivity contribution in [2.24, 2.45) is 0 Å². The van der Waals surface area contributed by atoms with Crippen molar-refractivity contribution in [2.45, 2.75) is 32.0 Å². The molecular formula is C19H29N7OS. The zero-order valence-electron chi connectivity index (χ0n) is 16.2. The number of hydrogen-bond donors (Lipinski definition) is 2. The molecule has 2 aromatic rings. The summed E-state index contributed by atoms with van der Waals surface area (Å²) in [4.78, 5) is 18.8. The number of rotatable bonds is 7. The molecular weight excluding hydrogens is 374 g/mol. The van der Waals surface area contributed by atoms with Crippen LogP contribution in [-0.2, 0) is 13.1 Å². The highest BCUT2D eigenvalue weighted by molar-refractivity contribution is 7.09. The largest absolute Gasteiger partial charge is 0.347 e. The number of carbonyl (C=O) groups excluding carboxylic acids is 1. The Morgan fingerprint density at radius 2 is 2.14 bits per heavy atom. The van der Waals surface area contributed by atoms with Crippen LogP contribution in [0.15, 0.2) is 23.7 Å². The topological polar surface area (TPSA) is 78.3 Å². The maximum atomic E-state index is 12.6. The van der Waals surface area contributed by atoms with E-state index >= 15 is 0 Å². The lowest BCUT2D eigenvalue weighted by Gasteiger charge is -2.32. The van der Waals surface area contributed by atoms with Crippen LogP contribution in [-0.4, -0.2) is 82.6 Å². The van der Waals surface area contributed by atoms with Crippen LogP contribution < -0.4 is 10.6 Å². The second-order valence-electron chi connectivity index (χ2n) is 7.59. The van der Waals surface area contributed by atoms with Crippen LogP contribution in [0.1, 0.15) is 28.2 Å². The third-order valence-electron chi connectivity index (χ3n) is 5.43. The molecule has 0 spiro atoms. The van der Waals surface area contributed by atoms with Crippen molar-refractivity contribution >= 4 is 17.2 Å². The first-order valence-electron chi connectivity index (χ1n) is 10.1. The maximum Gasteiger partial charge on any atom is 0.273 e. The zero-order valence-corrected chi connectivity index (χ0v) is 17.0. The van der Waals surface area contributed by atoms with E-state index in [0.29, 0.717) is 5.69 Å². The quantitative estimate of drug-likeness (QED) is 0.706. The Bertz CT molecular complexity index is 741. The summed E-state index contributed by atoms with van der Waals surface area (Å²) in [6, 6.07) is 4.44. The second-order valence-corrected chi connectivity index (χ2v) is 8.62. The SMILES string of the molecule is O=C(NC1CCCN(Cc2cccs2)C1)c1cn(CCN2CCNCC2)nn1. The lowest BCUT2D eigenvalue weighted by atomic mass is 10.1. The van der Waals surface area contributed by atoms with E-state index in [1.807, 2.05) is 0 Å². The molecule has 0 aliphatic carbocycles. The highest BCUT2D eigenvalue weighted by atomic mass is 32.1. The van der Waals surface area contributed by atoms with Gasteiger partial charge in [-0.2, -0.15) is 0 Å². The predicted octanol–water partition coefficient (Wildman–Crippen LogP) is 0.639. The number of aromatic nitrogens is 3. The summed E-state index contributed by atoms with van der Waals surface area (Å²) >= 11 is 1.79. The van der Waals surface area contributed by atoms with Crippen molar-refractivity contribution in [1.82, 2.24) is 35.4 Å². The number of amides is 1. The van der Waals surface area contributed by atoms with E-state index in [1.165, 1.54) is 4.88 Å². The van der Waals surface area contributed by atoms with Gasteiger partial charge in [0.05, 0.1) is 12.7 Å². The van der Waals surface area contributed by atoms with E-state index < -0.39 is 0 Å². The minimum absolute atomic E-state index is 0.114. The first-order valence-corrected chi connectivity index (χ1v) is 11.0. The van der Waals surface area contributed by atoms with Crippen LogP contribution in [0.5, 0.6) is 0 Å². The maximum absolute atomic E-state index is 12.6. The number of thiophene rings is 1. The molecule has 4 rings (SSSR count). The average molecular weight is 404 g/mol. The van der Waals surface area contributed by atoms with Crippen LogP contribution in [0.3, 0.4) is 0 Å². The van der Waals surface area contributed by atoms with E-state index in [9.17, 15) is 4.79 Å². The van der Waals surface area contributed by atoms with Crippen molar-refractivity contribution in [1.29, 1.82) is 0 Å². The Morgan fingerprint density at radius 3 is 2.96 bits per heavy atom. The Labute approximate surface area is 169 Å². The van der Waals surface area contributed by atoms with Gasteiger partial charge < -0.3 is 10.6 Å². The molecule has 2 fully saturated rings. The Kier molecular flexibility index (Phi) is 6.69. The normalized spacial score (nSPS) is 21.6. The van der Waals surface area contributed by atoms with Gasteiger partial charge in [-0.1, -0.05) is 11.3 Å². The fourth-order valence-corrected chi connectivity index (χ4v) is 4.64. The van der Waals surface area contributed by atoms with Crippen molar-refractivity contribution in [3.05, 3.63) is 34.3 Å². The molecule has 2 aliphatic heterocycles. The zero-order chi connectivity index (χ0) is 19.2. The Hall–Kier alpha value is -1.81. The predicted molar refractivity (Wildman–Crippen MR) is 109 cm³/mol. The summed E-state index contributed by atoms with van der Waals surface area (Å²) in [5, 5.41) is 16.8. The number of piperazine rings is 1. The van der Waals surface area contributed by atoms with Crippen LogP contribution in [0.25, 0.3) is 0 Å². The van der Waals surface area contributed by atoms with Gasteiger partial charge in [0.15, 0.2) is 5.69 Å². The summed E-state index contributed by atoms with van der Waals surface area (Å²) in [6.45, 7) is 8.84. The number of piperidine rings is 1. The molecule has 0 aromatic carbocycles. The molecule has 0 saturated carbocycles. The number of likely N-dealkylation sites (tertiary alicyclic amines) is 1. The van der Waals surface area contributed by atoms with E-state index in [1.54, 1.807) is 22.2 Å². The lowest BCUT2D eigenvalue weighted by Crippen LogP contribution is -2.47. The third kappa shape index (κ3) is 5.38. The van der Waals surface area contributed by atoms with Gasteiger partial charge in [-0.3, -0.25) is 19.3 Å². The van der Waals surface area contributed by atoms with Gasteiger partial charge in [-0.15, -0.1) is 16.4 Å². The fourth-order valence-electron chi connectivity index (χ4n) is 3.89. The third-order valence-corrected chi connectivity index (χ3v) is 6.29. The van der Waals surface area contributed by atoms with Gasteiger partial charge in [-0.05, 0) is 30.8 Å². The van der Waals surface area contributed by atoms with Crippen molar-refractivity contribution in [3.8, 4) is 0 Å². The van der Waals surface area contributed by atoms with Gasteiger partial charge in [-0.25, -0.2) is 0 Å². The van der Waals surface area contributed by atoms with E-state index in [-0.39, 0.29) is 11.9 Å². The molecule has 2 aromatic heterocycles. The average Bonchev–Trinajstić information content (AvgIpc) is 3.39. The molecule has 0 bridgehead atoms. The minimum atomic E-state index is -0.114. The van der Waals surface area contributed by atoms with Gasteiger partial charge in [0.2, 0.25) is 0 Å². The molecule has 0 radical (unpaired) electrons. The highest BCUT2D eigenvalue weighted by Gasteiger charge is 2.23. The molecule has 1 amide bonds. The standard InChI is InChI=1S/C19H29N7OS/c27-19(18-15-26(23-22-18)11-10-24-8-5-20-6-9-24)21-16-3-1-7-25(13-16)14-17-4-2-12-28-17/h2,4,12,15-16,20H,1,3,5-11,13-14H2,(H,21,27). The van der Waals surface area contributed by atoms with Crippen molar-refractivity contribution in [2.75, 3.05) is 45.8 Å². The number of nitrogens with zero attached hydrogens (tertiary/aromatic N) is 5. The number of carbonyl (C=O) groups is 1. The summed E-state index contributed by atoms with van der Waals surface area (Å²) in [5.74, 6) is -0.114. The molecule has 2 N–H and O–H groups in total. The van der Waals surface area contributed by atoms with Gasteiger partial charge >= 0.3 is 0 Å². The Balaban J connectivity index is 1.24. The summed E-state index contributed by atoms with van der Waals surface area (Å²) < 4.78 is 1.78. The molecule has 9 heteroatoms. The van der Waals surface area contributed by atoms with E-state index in [2.05, 4.69) is 48.3 Å². The van der Waals surface area contributed by atoms with Crippen molar-refractivity contribution < 1.29 is 4.79 Å². The molecule has 152 valence electrons. The first kappa shape index (κ1) is 19.5. The van der Waals surface area contributed by atoms with E-state index in [0.717, 1.165) is 71.7 Å². The number of hydrogen-bond acceptors (Lipinski definition) is 7. The lowest BCUT2D eigenvalue weighted by molar-refractivity contribution is 0.0896. The molecule has 2 saturated heterocycles. The smallest absolute Gasteiger partial charge is 0.273 e. The Morgan fingerprint density at radius 1 is 1.25 bits per heavy atom. The monoisotopic (exact) mass is 403 g/mol. The molecule has 28 heavy (non-hydrogen) atoms. The van der Waals surface area contributed by atoms with Crippen LogP contribution >= 0.6 is 11.3 Å². The summed E-state index contributed by atoms with van der Waals surface area (Å²) in [7, 11) is 0. The minimum Gasteiger partial charge on any atom is -0.347 e. The molecule has 1 atom stereocenters. The van der Waals surface area contributed by atoms with Crippen LogP contribution in [0, 0.1) is 0 Å². The fraction of sp³-hybridized carbons (Fsp3) is 0.632. The molecule has 2 aliphatic rings. The van der Waals surface area contributed by atoms with Gasteiger partial charge in [0.25, 0.3) is 5.91 Å². The highest BCUT2D eigenvalue weighted by Crippen LogP contribution is 2.17. The molecule has 4 heterocycles. The van der Waals surface area contributed by atoms with Gasteiger partial charge in [0, 0.05) is 56.7 Å². The van der Waals surface area contributed by atoms with Crippen molar-refractivity contribution in [3.63, 3.8) is 0 Å². The first-order chi connectivity index (χ1) is 13.8.